The van der Waals surface area contributed by atoms with Crippen molar-refractivity contribution in [1.82, 2.24) is 20.2 Å². The molecule has 27 heavy (non-hydrogen) atoms. The fourth-order valence-electron chi connectivity index (χ4n) is 3.20. The number of rotatable bonds is 6. The van der Waals surface area contributed by atoms with E-state index in [9.17, 15) is 0 Å². The maximum atomic E-state index is 5.92. The zero-order chi connectivity index (χ0) is 18.6. The van der Waals surface area contributed by atoms with Gasteiger partial charge in [-0.1, -0.05) is 0 Å². The zero-order valence-corrected chi connectivity index (χ0v) is 15.5. The van der Waals surface area contributed by atoms with Crippen molar-refractivity contribution >= 4 is 16.7 Å². The van der Waals surface area contributed by atoms with Crippen molar-refractivity contribution in [1.29, 1.82) is 0 Å². The highest BCUT2D eigenvalue weighted by Gasteiger charge is 2.16. The van der Waals surface area contributed by atoms with Crippen LogP contribution in [0.4, 0.5) is 5.82 Å². The van der Waals surface area contributed by atoms with E-state index in [0.717, 1.165) is 46.9 Å². The number of H-pyrrole nitrogens is 1. The number of morpholine rings is 1. The van der Waals surface area contributed by atoms with Crippen LogP contribution < -0.4 is 9.64 Å². The predicted octanol–water partition coefficient (Wildman–Crippen LogP) is 2.27. The first-order chi connectivity index (χ1) is 13.2. The van der Waals surface area contributed by atoms with E-state index in [1.165, 1.54) is 0 Å². The molecule has 1 aromatic carbocycles. The molecule has 8 heteroatoms. The van der Waals surface area contributed by atoms with E-state index in [4.69, 9.17) is 14.2 Å². The number of fused-ring (bicyclic) bond motifs is 1. The molecule has 1 atom stereocenters. The first-order valence-corrected chi connectivity index (χ1v) is 9.03. The number of methoxy groups -OCH3 is 1. The maximum absolute atomic E-state index is 5.92. The summed E-state index contributed by atoms with van der Waals surface area (Å²) in [6.45, 7) is 5.59. The normalized spacial score (nSPS) is 15.9. The summed E-state index contributed by atoms with van der Waals surface area (Å²) in [5, 5.41) is 8.50. The SMILES string of the molecule is COC[C@H](C)Oc1ccc2[nH]nc(-c3cc(N4CCOCC4)ncn3)c2c1. The van der Waals surface area contributed by atoms with Gasteiger partial charge in [-0.05, 0) is 25.1 Å². The Balaban J connectivity index is 1.65. The molecule has 0 saturated carbocycles. The summed E-state index contributed by atoms with van der Waals surface area (Å²) < 4.78 is 16.5. The first-order valence-electron chi connectivity index (χ1n) is 9.03. The second-order valence-electron chi connectivity index (χ2n) is 6.52. The van der Waals surface area contributed by atoms with E-state index in [2.05, 4.69) is 25.1 Å². The summed E-state index contributed by atoms with van der Waals surface area (Å²) in [4.78, 5) is 11.0. The highest BCUT2D eigenvalue weighted by molar-refractivity contribution is 5.93. The highest BCUT2D eigenvalue weighted by atomic mass is 16.5. The number of aromatic amines is 1. The topological polar surface area (TPSA) is 85.4 Å². The van der Waals surface area contributed by atoms with Crippen LogP contribution in [-0.2, 0) is 9.47 Å². The molecule has 0 amide bonds. The zero-order valence-electron chi connectivity index (χ0n) is 15.5. The smallest absolute Gasteiger partial charge is 0.132 e. The standard InChI is InChI=1S/C19H23N5O3/c1-13(11-25-2)27-14-3-4-16-15(9-14)19(23-22-16)17-10-18(21-12-20-17)24-5-7-26-8-6-24/h3-4,9-10,12-13H,5-8,11H2,1-2H3,(H,22,23)/t13-/m0/s1. The van der Waals surface area contributed by atoms with Gasteiger partial charge in [0.15, 0.2) is 0 Å². The van der Waals surface area contributed by atoms with Crippen LogP contribution in [-0.4, -0.2) is 66.3 Å². The van der Waals surface area contributed by atoms with E-state index in [1.807, 2.05) is 31.2 Å². The Bertz CT molecular complexity index is 907. The number of nitrogens with zero attached hydrogens (tertiary/aromatic N) is 4. The molecule has 4 rings (SSSR count). The van der Waals surface area contributed by atoms with Crippen molar-refractivity contribution in [2.75, 3.05) is 44.9 Å². The lowest BCUT2D eigenvalue weighted by molar-refractivity contribution is 0.0922. The van der Waals surface area contributed by atoms with Crippen molar-refractivity contribution in [3.05, 3.63) is 30.6 Å². The number of anilines is 1. The summed E-state index contributed by atoms with van der Waals surface area (Å²) in [6.07, 6.45) is 1.55. The van der Waals surface area contributed by atoms with Crippen molar-refractivity contribution in [2.24, 2.45) is 0 Å². The van der Waals surface area contributed by atoms with Crippen LogP contribution in [0.2, 0.25) is 0 Å². The molecule has 0 radical (unpaired) electrons. The Hall–Kier alpha value is -2.71. The van der Waals surface area contributed by atoms with Crippen LogP contribution >= 0.6 is 0 Å². The third kappa shape index (κ3) is 3.86. The van der Waals surface area contributed by atoms with Gasteiger partial charge in [0.25, 0.3) is 0 Å². The molecule has 142 valence electrons. The number of ether oxygens (including phenoxy) is 3. The Labute approximate surface area is 157 Å². The fourth-order valence-corrected chi connectivity index (χ4v) is 3.20. The molecular weight excluding hydrogens is 346 g/mol. The van der Waals surface area contributed by atoms with Crippen molar-refractivity contribution in [3.8, 4) is 17.1 Å². The molecule has 0 spiro atoms. The Kier molecular flexibility index (Phi) is 5.17. The van der Waals surface area contributed by atoms with Gasteiger partial charge in [-0.3, -0.25) is 5.10 Å². The summed E-state index contributed by atoms with van der Waals surface area (Å²) in [6, 6.07) is 7.85. The Morgan fingerprint density at radius 3 is 2.89 bits per heavy atom. The molecule has 1 saturated heterocycles. The van der Waals surface area contributed by atoms with Crippen LogP contribution in [0.25, 0.3) is 22.3 Å². The number of aromatic nitrogens is 4. The van der Waals surface area contributed by atoms with Gasteiger partial charge in [-0.15, -0.1) is 0 Å². The third-order valence-corrected chi connectivity index (χ3v) is 4.50. The van der Waals surface area contributed by atoms with Gasteiger partial charge >= 0.3 is 0 Å². The van der Waals surface area contributed by atoms with Crippen LogP contribution in [0.5, 0.6) is 5.75 Å². The molecule has 0 unspecified atom stereocenters. The predicted molar refractivity (Wildman–Crippen MR) is 102 cm³/mol. The minimum absolute atomic E-state index is 0.0326. The Morgan fingerprint density at radius 2 is 2.07 bits per heavy atom. The quantitative estimate of drug-likeness (QED) is 0.713. The monoisotopic (exact) mass is 369 g/mol. The molecule has 3 aromatic rings. The van der Waals surface area contributed by atoms with E-state index in [1.54, 1.807) is 13.4 Å². The average molecular weight is 369 g/mol. The maximum Gasteiger partial charge on any atom is 0.132 e. The van der Waals surface area contributed by atoms with E-state index >= 15 is 0 Å². The second kappa shape index (κ2) is 7.89. The molecule has 3 heterocycles. The van der Waals surface area contributed by atoms with E-state index in [-0.39, 0.29) is 6.10 Å². The van der Waals surface area contributed by atoms with Gasteiger partial charge in [-0.2, -0.15) is 5.10 Å². The van der Waals surface area contributed by atoms with Gasteiger partial charge in [-0.25, -0.2) is 9.97 Å². The minimum atomic E-state index is -0.0326. The molecule has 0 bridgehead atoms. The Morgan fingerprint density at radius 1 is 1.22 bits per heavy atom. The molecule has 8 nitrogen and oxygen atoms in total. The number of benzene rings is 1. The lowest BCUT2D eigenvalue weighted by Crippen LogP contribution is -2.36. The van der Waals surface area contributed by atoms with E-state index < -0.39 is 0 Å². The van der Waals surface area contributed by atoms with Gasteiger partial charge in [0.05, 0.1) is 31.0 Å². The summed E-state index contributed by atoms with van der Waals surface area (Å²) >= 11 is 0. The molecular formula is C19H23N5O3. The number of nitrogens with one attached hydrogen (secondary N) is 1. The number of hydrogen-bond acceptors (Lipinski definition) is 7. The van der Waals surface area contributed by atoms with Gasteiger partial charge in [0, 0.05) is 31.7 Å². The first kappa shape index (κ1) is 17.7. The van der Waals surface area contributed by atoms with Gasteiger partial charge < -0.3 is 19.1 Å². The van der Waals surface area contributed by atoms with Crippen LogP contribution in [0, 0.1) is 0 Å². The van der Waals surface area contributed by atoms with E-state index in [0.29, 0.717) is 19.8 Å². The number of hydrogen-bond donors (Lipinski definition) is 1. The summed E-state index contributed by atoms with van der Waals surface area (Å²) in [7, 11) is 1.67. The molecule has 2 aromatic heterocycles. The minimum Gasteiger partial charge on any atom is -0.488 e. The molecule has 1 aliphatic rings. The van der Waals surface area contributed by atoms with Gasteiger partial charge in [0.2, 0.25) is 0 Å². The lowest BCUT2D eigenvalue weighted by Gasteiger charge is -2.27. The lowest BCUT2D eigenvalue weighted by atomic mass is 10.1. The average Bonchev–Trinajstić information content (AvgIpc) is 3.12. The second-order valence-corrected chi connectivity index (χ2v) is 6.52. The van der Waals surface area contributed by atoms with Crippen LogP contribution in [0.1, 0.15) is 6.92 Å². The highest BCUT2D eigenvalue weighted by Crippen LogP contribution is 2.29. The van der Waals surface area contributed by atoms with Crippen molar-refractivity contribution < 1.29 is 14.2 Å². The summed E-state index contributed by atoms with van der Waals surface area (Å²) in [5.41, 5.74) is 2.50. The van der Waals surface area contributed by atoms with Crippen molar-refractivity contribution in [2.45, 2.75) is 13.0 Å². The van der Waals surface area contributed by atoms with Crippen LogP contribution in [0.3, 0.4) is 0 Å². The fraction of sp³-hybridized carbons (Fsp3) is 0.421. The largest absolute Gasteiger partial charge is 0.488 e. The third-order valence-electron chi connectivity index (χ3n) is 4.50. The molecule has 1 aliphatic heterocycles. The molecule has 1 fully saturated rings. The van der Waals surface area contributed by atoms with Crippen molar-refractivity contribution in [3.63, 3.8) is 0 Å². The molecule has 0 aliphatic carbocycles. The van der Waals surface area contributed by atoms with Gasteiger partial charge in [0.1, 0.15) is 29.7 Å². The molecule has 1 N–H and O–H groups in total. The summed E-state index contributed by atoms with van der Waals surface area (Å²) in [5.74, 6) is 1.66. The van der Waals surface area contributed by atoms with Crippen LogP contribution in [0.15, 0.2) is 30.6 Å².